The zero-order valence-corrected chi connectivity index (χ0v) is 13.2. The van der Waals surface area contributed by atoms with E-state index in [2.05, 4.69) is 11.9 Å². The first kappa shape index (κ1) is 15.6. The van der Waals surface area contributed by atoms with Gasteiger partial charge in [-0.25, -0.2) is 0 Å². The van der Waals surface area contributed by atoms with Crippen molar-refractivity contribution >= 4 is 23.2 Å². The smallest absolute Gasteiger partial charge is 0.265 e. The fourth-order valence-corrected chi connectivity index (χ4v) is 3.22. The first-order valence-corrected chi connectivity index (χ1v) is 8.18. The van der Waals surface area contributed by atoms with Crippen LogP contribution in [-0.2, 0) is 9.59 Å². The van der Waals surface area contributed by atoms with Gasteiger partial charge in [0.15, 0.2) is 6.61 Å². The first-order chi connectivity index (χ1) is 11.2. The Morgan fingerprint density at radius 3 is 2.87 bits per heavy atom. The second kappa shape index (κ2) is 6.86. The molecule has 0 aromatic heterocycles. The van der Waals surface area contributed by atoms with E-state index >= 15 is 0 Å². The van der Waals surface area contributed by atoms with Crippen molar-refractivity contribution < 1.29 is 14.3 Å². The zero-order valence-electron chi connectivity index (χ0n) is 13.2. The van der Waals surface area contributed by atoms with E-state index in [-0.39, 0.29) is 24.3 Å². The summed E-state index contributed by atoms with van der Waals surface area (Å²) in [6, 6.07) is 5.42. The van der Waals surface area contributed by atoms with E-state index in [1.807, 2.05) is 6.07 Å². The summed E-state index contributed by atoms with van der Waals surface area (Å²) in [7, 11) is 0. The van der Waals surface area contributed by atoms with E-state index in [0.29, 0.717) is 23.7 Å². The van der Waals surface area contributed by atoms with Gasteiger partial charge in [0.05, 0.1) is 5.69 Å². The van der Waals surface area contributed by atoms with Crippen molar-refractivity contribution in [2.75, 3.05) is 23.4 Å². The molecule has 1 fully saturated rings. The van der Waals surface area contributed by atoms with Crippen LogP contribution in [-0.4, -0.2) is 25.0 Å². The fourth-order valence-electron chi connectivity index (χ4n) is 3.22. The minimum Gasteiger partial charge on any atom is -0.482 e. The molecule has 1 heterocycles. The van der Waals surface area contributed by atoms with Crippen LogP contribution >= 0.6 is 0 Å². The van der Waals surface area contributed by atoms with Gasteiger partial charge in [-0.1, -0.05) is 25.3 Å². The maximum Gasteiger partial charge on any atom is 0.265 e. The molecule has 0 spiro atoms. The lowest BCUT2D eigenvalue weighted by atomic mass is 9.88. The lowest BCUT2D eigenvalue weighted by Gasteiger charge is -2.29. The first-order valence-electron chi connectivity index (χ1n) is 8.18. The molecular formula is C18H22N2O3. The van der Waals surface area contributed by atoms with Gasteiger partial charge in [-0.3, -0.25) is 9.59 Å². The summed E-state index contributed by atoms with van der Waals surface area (Å²) in [4.78, 5) is 26.0. The van der Waals surface area contributed by atoms with Gasteiger partial charge in [0, 0.05) is 18.2 Å². The summed E-state index contributed by atoms with van der Waals surface area (Å²) in [5.41, 5.74) is 1.38. The molecule has 1 aliphatic carbocycles. The number of nitrogens with one attached hydrogen (secondary N) is 1. The van der Waals surface area contributed by atoms with Crippen LogP contribution in [0.15, 0.2) is 30.9 Å². The summed E-state index contributed by atoms with van der Waals surface area (Å²) in [6.45, 7) is 4.15. The third-order valence-electron chi connectivity index (χ3n) is 4.46. The van der Waals surface area contributed by atoms with Crippen molar-refractivity contribution in [1.82, 2.24) is 0 Å². The molecule has 2 amide bonds. The van der Waals surface area contributed by atoms with E-state index in [0.717, 1.165) is 25.7 Å². The Morgan fingerprint density at radius 1 is 1.35 bits per heavy atom. The largest absolute Gasteiger partial charge is 0.482 e. The lowest BCUT2D eigenvalue weighted by Crippen LogP contribution is -2.38. The number of hydrogen-bond donors (Lipinski definition) is 1. The van der Waals surface area contributed by atoms with Crippen LogP contribution in [0.5, 0.6) is 5.75 Å². The van der Waals surface area contributed by atoms with Gasteiger partial charge in [0.1, 0.15) is 5.75 Å². The Labute approximate surface area is 136 Å². The Kier molecular flexibility index (Phi) is 4.65. The minimum atomic E-state index is -0.104. The van der Waals surface area contributed by atoms with Gasteiger partial charge < -0.3 is 15.0 Å². The van der Waals surface area contributed by atoms with Crippen LogP contribution < -0.4 is 15.0 Å². The maximum atomic E-state index is 12.4. The van der Waals surface area contributed by atoms with Gasteiger partial charge in [-0.15, -0.1) is 6.58 Å². The number of amides is 2. The molecule has 2 aliphatic rings. The fraction of sp³-hybridized carbons (Fsp3) is 0.444. The number of fused-ring (bicyclic) bond motifs is 1. The van der Waals surface area contributed by atoms with E-state index in [4.69, 9.17) is 4.74 Å². The summed E-state index contributed by atoms with van der Waals surface area (Å²) in [5.74, 6) is 0.722. The number of nitrogens with zero attached hydrogens (tertiary/aromatic N) is 1. The summed E-state index contributed by atoms with van der Waals surface area (Å²) in [5, 5.41) is 2.98. The number of rotatable bonds is 4. The van der Waals surface area contributed by atoms with Gasteiger partial charge in [0.2, 0.25) is 5.91 Å². The van der Waals surface area contributed by atoms with Gasteiger partial charge in [0.25, 0.3) is 5.91 Å². The van der Waals surface area contributed by atoms with E-state index in [1.165, 1.54) is 6.42 Å². The van der Waals surface area contributed by atoms with Crippen molar-refractivity contribution in [3.8, 4) is 5.75 Å². The van der Waals surface area contributed by atoms with Crippen molar-refractivity contribution in [2.45, 2.75) is 32.1 Å². The molecule has 1 N–H and O–H groups in total. The minimum absolute atomic E-state index is 0.0363. The number of benzene rings is 1. The molecule has 3 rings (SSSR count). The number of carbonyl (C=O) groups is 2. The maximum absolute atomic E-state index is 12.4. The standard InChI is InChI=1S/C18H22N2O3/c1-2-10-20-15-11-14(8-9-16(15)23-12-17(20)21)19-18(22)13-6-4-3-5-7-13/h2,8-9,11,13H,1,3-7,10,12H2,(H,19,22). The van der Waals surface area contributed by atoms with Crippen LogP contribution in [0.4, 0.5) is 11.4 Å². The molecule has 0 atom stereocenters. The number of carbonyl (C=O) groups excluding carboxylic acids is 2. The second-order valence-corrected chi connectivity index (χ2v) is 6.09. The third-order valence-corrected chi connectivity index (χ3v) is 4.46. The molecular weight excluding hydrogens is 292 g/mol. The Balaban J connectivity index is 1.77. The highest BCUT2D eigenvalue weighted by atomic mass is 16.5. The number of ether oxygens (including phenoxy) is 1. The summed E-state index contributed by atoms with van der Waals surface area (Å²) < 4.78 is 5.45. The van der Waals surface area contributed by atoms with Crippen molar-refractivity contribution in [2.24, 2.45) is 5.92 Å². The number of hydrogen-bond acceptors (Lipinski definition) is 3. The van der Waals surface area contributed by atoms with Crippen molar-refractivity contribution in [3.63, 3.8) is 0 Å². The average Bonchev–Trinajstić information content (AvgIpc) is 2.58. The molecule has 5 heteroatoms. The molecule has 5 nitrogen and oxygen atoms in total. The molecule has 1 aliphatic heterocycles. The Morgan fingerprint density at radius 2 is 2.13 bits per heavy atom. The van der Waals surface area contributed by atoms with E-state index in [9.17, 15) is 9.59 Å². The highest BCUT2D eigenvalue weighted by molar-refractivity contribution is 6.00. The predicted molar refractivity (Wildman–Crippen MR) is 89.7 cm³/mol. The molecule has 0 unspecified atom stereocenters. The molecule has 122 valence electrons. The quantitative estimate of drug-likeness (QED) is 0.869. The average molecular weight is 314 g/mol. The number of anilines is 2. The lowest BCUT2D eigenvalue weighted by molar-refractivity contribution is -0.121. The molecule has 0 bridgehead atoms. The Bertz CT molecular complexity index is 621. The summed E-state index contributed by atoms with van der Waals surface area (Å²) >= 11 is 0. The van der Waals surface area contributed by atoms with Crippen LogP contribution in [0.1, 0.15) is 32.1 Å². The van der Waals surface area contributed by atoms with Gasteiger partial charge in [-0.2, -0.15) is 0 Å². The molecule has 1 saturated carbocycles. The van der Waals surface area contributed by atoms with Crippen LogP contribution in [0.3, 0.4) is 0 Å². The van der Waals surface area contributed by atoms with E-state index < -0.39 is 0 Å². The van der Waals surface area contributed by atoms with Crippen molar-refractivity contribution in [1.29, 1.82) is 0 Å². The van der Waals surface area contributed by atoms with Gasteiger partial charge in [-0.05, 0) is 31.0 Å². The Hall–Kier alpha value is -2.30. The monoisotopic (exact) mass is 314 g/mol. The van der Waals surface area contributed by atoms with Crippen LogP contribution in [0, 0.1) is 5.92 Å². The van der Waals surface area contributed by atoms with Crippen LogP contribution in [0.2, 0.25) is 0 Å². The van der Waals surface area contributed by atoms with Crippen LogP contribution in [0.25, 0.3) is 0 Å². The molecule has 23 heavy (non-hydrogen) atoms. The predicted octanol–water partition coefficient (Wildman–Crippen LogP) is 3.12. The molecule has 1 aromatic carbocycles. The van der Waals surface area contributed by atoms with Gasteiger partial charge >= 0.3 is 0 Å². The zero-order chi connectivity index (χ0) is 16.2. The van der Waals surface area contributed by atoms with E-state index in [1.54, 1.807) is 23.1 Å². The highest BCUT2D eigenvalue weighted by Gasteiger charge is 2.26. The molecule has 0 saturated heterocycles. The topological polar surface area (TPSA) is 58.6 Å². The normalized spacial score (nSPS) is 18.1. The second-order valence-electron chi connectivity index (χ2n) is 6.09. The summed E-state index contributed by atoms with van der Waals surface area (Å²) in [6.07, 6.45) is 7.07. The third kappa shape index (κ3) is 3.38. The van der Waals surface area contributed by atoms with Crippen molar-refractivity contribution in [3.05, 3.63) is 30.9 Å². The SMILES string of the molecule is C=CCN1C(=O)COc2ccc(NC(=O)C3CCCCC3)cc21. The molecule has 1 aromatic rings. The highest BCUT2D eigenvalue weighted by Crippen LogP contribution is 2.35. The molecule has 0 radical (unpaired) electrons.